The van der Waals surface area contributed by atoms with Crippen LogP contribution in [-0.2, 0) is 4.43 Å². The number of hydrogen-bond donors (Lipinski definition) is 2. The lowest BCUT2D eigenvalue weighted by atomic mass is 9.86. The number of benzene rings is 2. The van der Waals surface area contributed by atoms with Gasteiger partial charge < -0.3 is 14.6 Å². The molecule has 2 aromatic rings. The van der Waals surface area contributed by atoms with Crippen molar-refractivity contribution in [2.24, 2.45) is 11.8 Å². The summed E-state index contributed by atoms with van der Waals surface area (Å²) in [5, 5.41) is 23.6. The van der Waals surface area contributed by atoms with Gasteiger partial charge in [0, 0.05) is 12.5 Å². The van der Waals surface area contributed by atoms with Gasteiger partial charge in [0.2, 0.25) is 0 Å². The lowest BCUT2D eigenvalue weighted by molar-refractivity contribution is -0.0111. The quantitative estimate of drug-likeness (QED) is 0.343. The molecular formula is C28H44O3Si. The molecule has 0 fully saturated rings. The zero-order chi connectivity index (χ0) is 23.8. The van der Waals surface area contributed by atoms with Crippen molar-refractivity contribution in [3.63, 3.8) is 0 Å². The second kappa shape index (κ2) is 12.1. The summed E-state index contributed by atoms with van der Waals surface area (Å²) >= 11 is 0. The lowest BCUT2D eigenvalue weighted by Crippen LogP contribution is -2.66. The molecule has 0 amide bonds. The minimum atomic E-state index is -2.49. The summed E-state index contributed by atoms with van der Waals surface area (Å²) in [6.07, 6.45) is 2.46. The molecule has 0 aromatic heterocycles. The predicted molar refractivity (Wildman–Crippen MR) is 138 cm³/mol. The van der Waals surface area contributed by atoms with Gasteiger partial charge in [0.15, 0.2) is 0 Å². The molecule has 0 radical (unpaired) electrons. The molecule has 0 saturated carbocycles. The number of aliphatic hydroxyl groups excluding tert-OH is 2. The first-order valence-corrected chi connectivity index (χ1v) is 14.2. The second-order valence-electron chi connectivity index (χ2n) is 10.3. The van der Waals surface area contributed by atoms with Crippen molar-refractivity contribution in [1.29, 1.82) is 0 Å². The van der Waals surface area contributed by atoms with E-state index in [9.17, 15) is 10.2 Å². The standard InChI is InChI=1S/C28H44O3Si/c1-7-22(2)27(30)23(3)26(29)20-14-15-21-31-32(28(4,5)6,24-16-10-8-11-17-24)25-18-12-9-13-19-25/h8-13,16-19,22-23,26-27,29-30H,7,14-15,20-21H2,1-6H3/t22-,23+,26-,27+/m0/s1. The fourth-order valence-corrected chi connectivity index (χ4v) is 9.30. The Bertz CT molecular complexity index is 733. The summed E-state index contributed by atoms with van der Waals surface area (Å²) in [4.78, 5) is 0. The van der Waals surface area contributed by atoms with Gasteiger partial charge in [0.25, 0.3) is 8.32 Å². The monoisotopic (exact) mass is 456 g/mol. The molecule has 2 aromatic carbocycles. The van der Waals surface area contributed by atoms with Gasteiger partial charge >= 0.3 is 0 Å². The van der Waals surface area contributed by atoms with Gasteiger partial charge in [0.1, 0.15) is 0 Å². The fraction of sp³-hybridized carbons (Fsp3) is 0.571. The fourth-order valence-electron chi connectivity index (χ4n) is 4.69. The number of aliphatic hydroxyl groups is 2. The molecular weight excluding hydrogens is 412 g/mol. The van der Waals surface area contributed by atoms with E-state index in [1.54, 1.807) is 0 Å². The highest BCUT2D eigenvalue weighted by atomic mass is 28.4. The molecule has 0 bridgehead atoms. The molecule has 0 unspecified atom stereocenters. The molecule has 32 heavy (non-hydrogen) atoms. The summed E-state index contributed by atoms with van der Waals surface area (Å²) in [6, 6.07) is 21.4. The van der Waals surface area contributed by atoms with Crippen LogP contribution in [0.15, 0.2) is 60.7 Å². The van der Waals surface area contributed by atoms with Crippen LogP contribution in [0.3, 0.4) is 0 Å². The average Bonchev–Trinajstić information content (AvgIpc) is 2.80. The van der Waals surface area contributed by atoms with Crippen molar-refractivity contribution in [1.82, 2.24) is 0 Å². The normalized spacial score (nSPS) is 16.4. The number of hydrogen-bond acceptors (Lipinski definition) is 3. The highest BCUT2D eigenvalue weighted by molar-refractivity contribution is 6.99. The van der Waals surface area contributed by atoms with E-state index in [1.807, 2.05) is 13.8 Å². The van der Waals surface area contributed by atoms with Gasteiger partial charge in [-0.05, 0) is 40.6 Å². The van der Waals surface area contributed by atoms with E-state index < -0.39 is 20.5 Å². The summed E-state index contributed by atoms with van der Waals surface area (Å²) in [6.45, 7) is 13.6. The molecule has 4 heteroatoms. The van der Waals surface area contributed by atoms with Gasteiger partial charge in [0.05, 0.1) is 12.2 Å². The van der Waals surface area contributed by atoms with E-state index >= 15 is 0 Å². The van der Waals surface area contributed by atoms with Crippen LogP contribution in [-0.4, -0.2) is 37.3 Å². The Kier molecular flexibility index (Phi) is 10.2. The van der Waals surface area contributed by atoms with Crippen LogP contribution in [0.4, 0.5) is 0 Å². The Hall–Kier alpha value is -1.46. The summed E-state index contributed by atoms with van der Waals surface area (Å²) in [7, 11) is -2.49. The Morgan fingerprint density at radius 3 is 1.78 bits per heavy atom. The van der Waals surface area contributed by atoms with Crippen LogP contribution in [0.1, 0.15) is 67.2 Å². The largest absolute Gasteiger partial charge is 0.407 e. The van der Waals surface area contributed by atoms with E-state index in [0.717, 1.165) is 19.3 Å². The van der Waals surface area contributed by atoms with Crippen LogP contribution >= 0.6 is 0 Å². The molecule has 2 rings (SSSR count). The molecule has 0 heterocycles. The molecule has 0 saturated heterocycles. The minimum Gasteiger partial charge on any atom is -0.407 e. The maximum absolute atomic E-state index is 10.6. The van der Waals surface area contributed by atoms with Crippen LogP contribution in [0.25, 0.3) is 0 Å². The third kappa shape index (κ3) is 6.32. The van der Waals surface area contributed by atoms with Crippen LogP contribution in [0.2, 0.25) is 5.04 Å². The van der Waals surface area contributed by atoms with Crippen molar-refractivity contribution in [2.45, 2.75) is 84.5 Å². The second-order valence-corrected chi connectivity index (χ2v) is 14.6. The van der Waals surface area contributed by atoms with Crippen molar-refractivity contribution in [3.05, 3.63) is 60.7 Å². The van der Waals surface area contributed by atoms with Crippen molar-refractivity contribution >= 4 is 18.7 Å². The summed E-state index contributed by atoms with van der Waals surface area (Å²) in [5.74, 6) is 0.0978. The zero-order valence-electron chi connectivity index (χ0n) is 20.9. The highest BCUT2D eigenvalue weighted by Gasteiger charge is 2.49. The number of unbranched alkanes of at least 4 members (excludes halogenated alkanes) is 1. The minimum absolute atomic E-state index is 0.0237. The summed E-state index contributed by atoms with van der Waals surface area (Å²) < 4.78 is 6.92. The van der Waals surface area contributed by atoms with E-state index in [-0.39, 0.29) is 16.9 Å². The highest BCUT2D eigenvalue weighted by Crippen LogP contribution is 2.36. The Balaban J connectivity index is 2.09. The van der Waals surface area contributed by atoms with Crippen LogP contribution in [0, 0.1) is 11.8 Å². The van der Waals surface area contributed by atoms with E-state index in [4.69, 9.17) is 4.43 Å². The van der Waals surface area contributed by atoms with Gasteiger partial charge in [-0.25, -0.2) is 0 Å². The SMILES string of the molecule is CC[C@H](C)[C@@H](O)[C@H](C)[C@@H](O)CCCCO[Si](c1ccccc1)(c1ccccc1)C(C)(C)C. The van der Waals surface area contributed by atoms with Gasteiger partial charge in [-0.2, -0.15) is 0 Å². The maximum Gasteiger partial charge on any atom is 0.261 e. The Labute approximate surface area is 197 Å². The summed E-state index contributed by atoms with van der Waals surface area (Å²) in [5.41, 5.74) is 0. The Morgan fingerprint density at radius 2 is 1.34 bits per heavy atom. The van der Waals surface area contributed by atoms with Crippen molar-refractivity contribution in [3.8, 4) is 0 Å². The first-order chi connectivity index (χ1) is 15.1. The smallest absolute Gasteiger partial charge is 0.261 e. The third-order valence-electron chi connectivity index (χ3n) is 7.00. The average molecular weight is 457 g/mol. The molecule has 0 aliphatic rings. The van der Waals surface area contributed by atoms with Crippen LogP contribution in [0.5, 0.6) is 0 Å². The van der Waals surface area contributed by atoms with E-state index in [0.29, 0.717) is 13.0 Å². The molecule has 178 valence electrons. The lowest BCUT2D eigenvalue weighted by Gasteiger charge is -2.43. The molecule has 0 spiro atoms. The number of rotatable bonds is 12. The zero-order valence-corrected chi connectivity index (χ0v) is 21.9. The molecule has 0 aliphatic carbocycles. The van der Waals surface area contributed by atoms with Crippen LogP contribution < -0.4 is 10.4 Å². The van der Waals surface area contributed by atoms with Gasteiger partial charge in [-0.15, -0.1) is 0 Å². The molecule has 2 N–H and O–H groups in total. The molecule has 4 atom stereocenters. The van der Waals surface area contributed by atoms with Gasteiger partial charge in [-0.1, -0.05) is 109 Å². The Morgan fingerprint density at radius 1 is 0.844 bits per heavy atom. The van der Waals surface area contributed by atoms with Crippen molar-refractivity contribution < 1.29 is 14.6 Å². The predicted octanol–water partition coefficient (Wildman–Crippen LogP) is 5.14. The molecule has 3 nitrogen and oxygen atoms in total. The topological polar surface area (TPSA) is 49.7 Å². The van der Waals surface area contributed by atoms with Gasteiger partial charge in [-0.3, -0.25) is 0 Å². The molecule has 0 aliphatic heterocycles. The van der Waals surface area contributed by atoms with Crippen molar-refractivity contribution in [2.75, 3.05) is 6.61 Å². The van der Waals surface area contributed by atoms with E-state index in [2.05, 4.69) is 88.4 Å². The third-order valence-corrected chi connectivity index (χ3v) is 12.0. The first kappa shape index (κ1) is 26.8. The maximum atomic E-state index is 10.6. The van der Waals surface area contributed by atoms with E-state index in [1.165, 1.54) is 10.4 Å². The first-order valence-electron chi connectivity index (χ1n) is 12.3.